The van der Waals surface area contributed by atoms with Crippen molar-refractivity contribution in [3.05, 3.63) is 36.0 Å². The van der Waals surface area contributed by atoms with Gasteiger partial charge in [0, 0.05) is 36.3 Å². The van der Waals surface area contributed by atoms with Gasteiger partial charge in [-0.05, 0) is 80.4 Å². The number of benzene rings is 1. The van der Waals surface area contributed by atoms with Crippen LogP contribution in [0, 0.1) is 11.8 Å². The molecular weight excluding hydrogens is 374 g/mol. The van der Waals surface area contributed by atoms with Crippen molar-refractivity contribution in [1.29, 1.82) is 0 Å². The first-order chi connectivity index (χ1) is 14.5. The second kappa shape index (κ2) is 8.18. The maximum Gasteiger partial charge on any atom is 0.306 e. The van der Waals surface area contributed by atoms with Crippen molar-refractivity contribution in [2.45, 2.75) is 83.0 Å². The molecular formula is C25H33N3O2. The summed E-state index contributed by atoms with van der Waals surface area (Å²) in [5.74, 6) is 1.08. The zero-order valence-electron chi connectivity index (χ0n) is 17.9. The fourth-order valence-corrected chi connectivity index (χ4v) is 5.93. The maximum atomic E-state index is 11.4. The van der Waals surface area contributed by atoms with Crippen LogP contribution in [0.3, 0.4) is 0 Å². The van der Waals surface area contributed by atoms with Crippen LogP contribution in [0.5, 0.6) is 0 Å². The minimum absolute atomic E-state index is 0.155. The molecule has 30 heavy (non-hydrogen) atoms. The molecule has 1 aliphatic carbocycles. The Morgan fingerprint density at radius 1 is 1.07 bits per heavy atom. The van der Waals surface area contributed by atoms with E-state index in [4.69, 9.17) is 0 Å². The van der Waals surface area contributed by atoms with Crippen LogP contribution in [0.15, 0.2) is 30.5 Å². The van der Waals surface area contributed by atoms with Gasteiger partial charge in [0.25, 0.3) is 0 Å². The van der Waals surface area contributed by atoms with E-state index in [1.807, 2.05) is 6.20 Å². The highest BCUT2D eigenvalue weighted by atomic mass is 16.4. The van der Waals surface area contributed by atoms with Gasteiger partial charge in [-0.15, -0.1) is 0 Å². The van der Waals surface area contributed by atoms with Gasteiger partial charge in [0.2, 0.25) is 0 Å². The van der Waals surface area contributed by atoms with Gasteiger partial charge < -0.3 is 10.4 Å². The van der Waals surface area contributed by atoms with Gasteiger partial charge in [-0.2, -0.15) is 0 Å². The summed E-state index contributed by atoms with van der Waals surface area (Å²) in [6, 6.07) is 10.3. The van der Waals surface area contributed by atoms with Crippen molar-refractivity contribution in [3.8, 4) is 0 Å². The van der Waals surface area contributed by atoms with Crippen LogP contribution < -0.4 is 5.32 Å². The minimum Gasteiger partial charge on any atom is -0.481 e. The number of hydrogen-bond donors (Lipinski definition) is 2. The molecule has 2 aliphatic heterocycles. The maximum absolute atomic E-state index is 11.4. The molecule has 2 saturated heterocycles. The number of nitrogens with zero attached hydrogens (tertiary/aromatic N) is 2. The molecule has 3 aliphatic rings. The summed E-state index contributed by atoms with van der Waals surface area (Å²) in [6.45, 7) is 3.26. The Morgan fingerprint density at radius 3 is 2.50 bits per heavy atom. The number of nitrogens with one attached hydrogen (secondary N) is 1. The predicted molar refractivity (Wildman–Crippen MR) is 119 cm³/mol. The summed E-state index contributed by atoms with van der Waals surface area (Å²) < 4.78 is 0. The summed E-state index contributed by atoms with van der Waals surface area (Å²) in [6.07, 6.45) is 11.0. The number of aromatic nitrogens is 1. The largest absolute Gasteiger partial charge is 0.481 e. The molecule has 3 heterocycles. The van der Waals surface area contributed by atoms with Crippen molar-refractivity contribution in [2.75, 3.05) is 5.32 Å². The molecule has 5 heteroatoms. The number of rotatable bonds is 5. The average Bonchev–Trinajstić information content (AvgIpc) is 2.96. The van der Waals surface area contributed by atoms with Gasteiger partial charge in [-0.3, -0.25) is 9.69 Å². The van der Waals surface area contributed by atoms with Crippen molar-refractivity contribution in [3.63, 3.8) is 0 Å². The van der Waals surface area contributed by atoms with E-state index in [1.54, 1.807) is 0 Å². The number of anilines is 1. The van der Waals surface area contributed by atoms with Crippen LogP contribution in [-0.4, -0.2) is 39.1 Å². The van der Waals surface area contributed by atoms with Crippen LogP contribution in [0.4, 0.5) is 5.82 Å². The lowest BCUT2D eigenvalue weighted by Crippen LogP contribution is -2.44. The van der Waals surface area contributed by atoms with Gasteiger partial charge >= 0.3 is 5.97 Å². The van der Waals surface area contributed by atoms with Crippen LogP contribution in [0.2, 0.25) is 0 Å². The molecule has 2 N–H and O–H groups in total. The standard InChI is InChI=1S/C25H33N3O2/c1-16-2-6-21(7-3-16)27-24-13-18-5-4-17(10-20(18)14-26-24)15-28-22-8-9-23(28)12-19(11-22)25(29)30/h4-5,10,13-14,16,19,21-23H,2-3,6-9,11-12,15H2,1H3,(H,26,27)(H,29,30). The van der Waals surface area contributed by atoms with Gasteiger partial charge in [-0.1, -0.05) is 19.1 Å². The van der Waals surface area contributed by atoms with Crippen LogP contribution in [0.25, 0.3) is 10.8 Å². The van der Waals surface area contributed by atoms with E-state index in [0.717, 1.165) is 44.0 Å². The highest BCUT2D eigenvalue weighted by molar-refractivity contribution is 5.84. The third-order valence-electron chi connectivity index (χ3n) is 7.75. The second-order valence-corrected chi connectivity index (χ2v) is 9.92. The second-order valence-electron chi connectivity index (χ2n) is 9.92. The number of pyridine rings is 1. The number of carbonyl (C=O) groups is 1. The lowest BCUT2D eigenvalue weighted by Gasteiger charge is -2.37. The Morgan fingerprint density at radius 2 is 1.80 bits per heavy atom. The van der Waals surface area contributed by atoms with Crippen molar-refractivity contribution in [1.82, 2.24) is 9.88 Å². The molecule has 2 atom stereocenters. The van der Waals surface area contributed by atoms with E-state index < -0.39 is 5.97 Å². The first-order valence-corrected chi connectivity index (χ1v) is 11.7. The Kier molecular flexibility index (Phi) is 5.40. The van der Waals surface area contributed by atoms with Gasteiger partial charge in [0.15, 0.2) is 0 Å². The molecule has 2 aromatic rings. The third kappa shape index (κ3) is 4.04. The summed E-state index contributed by atoms with van der Waals surface area (Å²) >= 11 is 0. The molecule has 1 saturated carbocycles. The van der Waals surface area contributed by atoms with Crippen molar-refractivity contribution in [2.24, 2.45) is 11.8 Å². The Bertz CT molecular complexity index is 908. The van der Waals surface area contributed by atoms with Crippen LogP contribution in [0.1, 0.15) is 63.9 Å². The van der Waals surface area contributed by atoms with Crippen LogP contribution in [-0.2, 0) is 11.3 Å². The topological polar surface area (TPSA) is 65.5 Å². The average molecular weight is 408 g/mol. The first-order valence-electron chi connectivity index (χ1n) is 11.7. The fourth-order valence-electron chi connectivity index (χ4n) is 5.93. The zero-order valence-corrected chi connectivity index (χ0v) is 17.9. The molecule has 0 radical (unpaired) electrons. The molecule has 2 bridgehead atoms. The summed E-state index contributed by atoms with van der Waals surface area (Å²) in [5, 5.41) is 15.5. The Labute approximate surface area is 178 Å². The SMILES string of the molecule is CC1CCC(Nc2cc3ccc(CN4C5CCC4CC(C(=O)O)C5)cc3cn2)CC1. The summed E-state index contributed by atoms with van der Waals surface area (Å²) in [5.41, 5.74) is 1.30. The molecule has 160 valence electrons. The number of carboxylic acids is 1. The molecule has 0 spiro atoms. The van der Waals surface area contributed by atoms with E-state index in [0.29, 0.717) is 18.1 Å². The summed E-state index contributed by atoms with van der Waals surface area (Å²) in [7, 11) is 0. The smallest absolute Gasteiger partial charge is 0.306 e. The fraction of sp³-hybridized carbons (Fsp3) is 0.600. The molecule has 1 aromatic heterocycles. The van der Waals surface area contributed by atoms with Gasteiger partial charge in [0.05, 0.1) is 5.92 Å². The van der Waals surface area contributed by atoms with Crippen molar-refractivity contribution < 1.29 is 9.90 Å². The van der Waals surface area contributed by atoms with E-state index >= 15 is 0 Å². The lowest BCUT2D eigenvalue weighted by atomic mass is 9.87. The third-order valence-corrected chi connectivity index (χ3v) is 7.75. The van der Waals surface area contributed by atoms with Gasteiger partial charge in [-0.25, -0.2) is 4.98 Å². The molecule has 2 unspecified atom stereocenters. The van der Waals surface area contributed by atoms with E-state index in [9.17, 15) is 9.90 Å². The highest BCUT2D eigenvalue weighted by Gasteiger charge is 2.42. The Balaban J connectivity index is 1.26. The predicted octanol–water partition coefficient (Wildman–Crippen LogP) is 5.05. The Hall–Kier alpha value is -2.14. The first kappa shape index (κ1) is 19.8. The van der Waals surface area contributed by atoms with Crippen molar-refractivity contribution >= 4 is 22.6 Å². The lowest BCUT2D eigenvalue weighted by molar-refractivity contribution is -0.144. The number of fused-ring (bicyclic) bond motifs is 3. The molecule has 3 fully saturated rings. The molecule has 0 amide bonds. The van der Waals surface area contributed by atoms with E-state index in [1.165, 1.54) is 42.0 Å². The van der Waals surface area contributed by atoms with Gasteiger partial charge in [0.1, 0.15) is 5.82 Å². The minimum atomic E-state index is -0.615. The van der Waals surface area contributed by atoms with Crippen LogP contribution >= 0.6 is 0 Å². The highest BCUT2D eigenvalue weighted by Crippen LogP contribution is 2.40. The van der Waals surface area contributed by atoms with E-state index in [2.05, 4.69) is 46.4 Å². The zero-order chi connectivity index (χ0) is 20.7. The quantitative estimate of drug-likeness (QED) is 0.726. The number of carboxylic acid groups (broad SMARTS) is 1. The number of hydrogen-bond acceptors (Lipinski definition) is 4. The number of aliphatic carboxylic acids is 1. The van der Waals surface area contributed by atoms with E-state index in [-0.39, 0.29) is 5.92 Å². The summed E-state index contributed by atoms with van der Waals surface area (Å²) in [4.78, 5) is 18.7. The normalized spacial score (nSPS) is 31.7. The number of piperidine rings is 1. The molecule has 5 nitrogen and oxygen atoms in total. The monoisotopic (exact) mass is 407 g/mol. The molecule has 5 rings (SSSR count). The molecule has 1 aromatic carbocycles.